The maximum atomic E-state index is 5.34. The van der Waals surface area contributed by atoms with Gasteiger partial charge in [0.25, 0.3) is 0 Å². The summed E-state index contributed by atoms with van der Waals surface area (Å²) in [5, 5.41) is 9.32. The van der Waals surface area contributed by atoms with E-state index in [0.29, 0.717) is 17.4 Å². The van der Waals surface area contributed by atoms with E-state index in [-0.39, 0.29) is 6.04 Å². The third kappa shape index (κ3) is 2.93. The SMILES string of the molecule is CNc1ncnc(NC(C)c2nc(C)cs2)c1OC. The fourth-order valence-electron chi connectivity index (χ4n) is 1.69. The molecule has 0 radical (unpaired) electrons. The fraction of sp³-hybridized carbons (Fsp3) is 0.417. The summed E-state index contributed by atoms with van der Waals surface area (Å²) >= 11 is 1.63. The van der Waals surface area contributed by atoms with Crippen LogP contribution in [0.15, 0.2) is 11.7 Å². The van der Waals surface area contributed by atoms with E-state index in [1.165, 1.54) is 6.33 Å². The van der Waals surface area contributed by atoms with Crippen LogP contribution in [0, 0.1) is 6.92 Å². The van der Waals surface area contributed by atoms with Gasteiger partial charge < -0.3 is 15.4 Å². The molecule has 2 aromatic heterocycles. The number of hydrogen-bond donors (Lipinski definition) is 2. The molecule has 19 heavy (non-hydrogen) atoms. The first kappa shape index (κ1) is 13.5. The van der Waals surface area contributed by atoms with Crippen LogP contribution in [0.2, 0.25) is 0 Å². The molecule has 0 saturated heterocycles. The lowest BCUT2D eigenvalue weighted by atomic mass is 10.3. The minimum Gasteiger partial charge on any atom is -0.490 e. The maximum Gasteiger partial charge on any atom is 0.204 e. The molecule has 2 N–H and O–H groups in total. The molecule has 0 aromatic carbocycles. The van der Waals surface area contributed by atoms with E-state index >= 15 is 0 Å². The van der Waals surface area contributed by atoms with Gasteiger partial charge in [-0.2, -0.15) is 0 Å². The van der Waals surface area contributed by atoms with Crippen molar-refractivity contribution in [2.24, 2.45) is 0 Å². The zero-order chi connectivity index (χ0) is 13.8. The average molecular weight is 279 g/mol. The Morgan fingerprint density at radius 3 is 2.63 bits per heavy atom. The number of methoxy groups -OCH3 is 1. The first-order chi connectivity index (χ1) is 9.15. The average Bonchev–Trinajstić information content (AvgIpc) is 2.85. The summed E-state index contributed by atoms with van der Waals surface area (Å²) in [7, 11) is 3.39. The van der Waals surface area contributed by atoms with Crippen molar-refractivity contribution in [2.75, 3.05) is 24.8 Å². The Kier molecular flexibility index (Phi) is 4.16. The Balaban J connectivity index is 2.23. The minimum atomic E-state index is 0.0622. The molecule has 0 aliphatic carbocycles. The van der Waals surface area contributed by atoms with E-state index in [9.17, 15) is 0 Å². The van der Waals surface area contributed by atoms with Gasteiger partial charge in [0, 0.05) is 18.1 Å². The Hall–Kier alpha value is -1.89. The van der Waals surface area contributed by atoms with Crippen molar-refractivity contribution in [3.63, 3.8) is 0 Å². The molecule has 2 heterocycles. The van der Waals surface area contributed by atoms with Gasteiger partial charge in [-0.25, -0.2) is 15.0 Å². The Bertz CT molecular complexity index is 557. The normalized spacial score (nSPS) is 12.0. The van der Waals surface area contributed by atoms with Crippen LogP contribution in [-0.4, -0.2) is 29.1 Å². The highest BCUT2D eigenvalue weighted by Crippen LogP contribution is 2.31. The molecule has 2 aromatic rings. The van der Waals surface area contributed by atoms with Gasteiger partial charge in [0.1, 0.15) is 11.3 Å². The van der Waals surface area contributed by atoms with Gasteiger partial charge in [-0.1, -0.05) is 0 Å². The molecule has 0 saturated carbocycles. The van der Waals surface area contributed by atoms with E-state index in [1.54, 1.807) is 25.5 Å². The second-order valence-electron chi connectivity index (χ2n) is 4.05. The summed E-state index contributed by atoms with van der Waals surface area (Å²) in [4.78, 5) is 12.8. The molecular formula is C12H17N5OS. The van der Waals surface area contributed by atoms with Crippen molar-refractivity contribution in [1.29, 1.82) is 0 Å². The first-order valence-electron chi connectivity index (χ1n) is 5.91. The number of hydrogen-bond acceptors (Lipinski definition) is 7. The van der Waals surface area contributed by atoms with Crippen LogP contribution in [0.1, 0.15) is 23.7 Å². The van der Waals surface area contributed by atoms with E-state index in [1.807, 2.05) is 19.2 Å². The predicted octanol–water partition coefficient (Wildman–Crippen LogP) is 2.46. The molecule has 0 aliphatic rings. The molecule has 0 spiro atoms. The number of nitrogens with one attached hydrogen (secondary N) is 2. The molecule has 0 amide bonds. The molecule has 6 nitrogen and oxygen atoms in total. The smallest absolute Gasteiger partial charge is 0.204 e. The van der Waals surface area contributed by atoms with Gasteiger partial charge >= 0.3 is 0 Å². The number of aryl methyl sites for hydroxylation is 1. The van der Waals surface area contributed by atoms with Crippen LogP contribution < -0.4 is 15.4 Å². The van der Waals surface area contributed by atoms with Crippen molar-refractivity contribution < 1.29 is 4.74 Å². The Morgan fingerprint density at radius 1 is 1.32 bits per heavy atom. The molecule has 0 fully saturated rings. The highest BCUT2D eigenvalue weighted by Gasteiger charge is 2.15. The topological polar surface area (TPSA) is 72.0 Å². The quantitative estimate of drug-likeness (QED) is 0.876. The number of aromatic nitrogens is 3. The summed E-state index contributed by atoms with van der Waals surface area (Å²) in [5.41, 5.74) is 1.03. The van der Waals surface area contributed by atoms with Gasteiger partial charge in [0.2, 0.25) is 5.75 Å². The Morgan fingerprint density at radius 2 is 2.05 bits per heavy atom. The van der Waals surface area contributed by atoms with E-state index in [2.05, 4.69) is 25.6 Å². The minimum absolute atomic E-state index is 0.0622. The van der Waals surface area contributed by atoms with Crippen LogP contribution in [0.3, 0.4) is 0 Å². The molecule has 0 bridgehead atoms. The second-order valence-corrected chi connectivity index (χ2v) is 4.94. The van der Waals surface area contributed by atoms with E-state index < -0.39 is 0 Å². The summed E-state index contributed by atoms with van der Waals surface area (Å²) in [5.74, 6) is 1.91. The summed E-state index contributed by atoms with van der Waals surface area (Å²) < 4.78 is 5.34. The maximum absolute atomic E-state index is 5.34. The molecular weight excluding hydrogens is 262 g/mol. The van der Waals surface area contributed by atoms with Crippen LogP contribution in [0.4, 0.5) is 11.6 Å². The standard InChI is InChI=1S/C12H17N5OS/c1-7-5-19-12(16-7)8(2)17-11-9(18-4)10(13-3)14-6-15-11/h5-6,8H,1-4H3,(H2,13,14,15,17). The summed E-state index contributed by atoms with van der Waals surface area (Å²) in [6.07, 6.45) is 1.50. The van der Waals surface area contributed by atoms with Gasteiger partial charge in [-0.15, -0.1) is 11.3 Å². The van der Waals surface area contributed by atoms with Gasteiger partial charge in [-0.05, 0) is 13.8 Å². The number of ether oxygens (including phenoxy) is 1. The van der Waals surface area contributed by atoms with Gasteiger partial charge in [0.15, 0.2) is 11.6 Å². The lowest BCUT2D eigenvalue weighted by molar-refractivity contribution is 0.414. The summed E-state index contributed by atoms with van der Waals surface area (Å²) in [6.45, 7) is 4.02. The zero-order valence-electron chi connectivity index (χ0n) is 11.4. The monoisotopic (exact) mass is 279 g/mol. The number of thiazole rings is 1. The van der Waals surface area contributed by atoms with Crippen molar-refractivity contribution in [3.05, 3.63) is 22.4 Å². The van der Waals surface area contributed by atoms with Crippen molar-refractivity contribution in [1.82, 2.24) is 15.0 Å². The fourth-order valence-corrected chi connectivity index (χ4v) is 2.49. The number of nitrogens with zero attached hydrogens (tertiary/aromatic N) is 3. The molecule has 102 valence electrons. The molecule has 0 aliphatic heterocycles. The highest BCUT2D eigenvalue weighted by atomic mass is 32.1. The van der Waals surface area contributed by atoms with Crippen molar-refractivity contribution in [3.8, 4) is 5.75 Å². The highest BCUT2D eigenvalue weighted by molar-refractivity contribution is 7.09. The van der Waals surface area contributed by atoms with Gasteiger partial charge in [0.05, 0.1) is 13.2 Å². The zero-order valence-corrected chi connectivity index (χ0v) is 12.2. The molecule has 7 heteroatoms. The van der Waals surface area contributed by atoms with Crippen LogP contribution in [0.5, 0.6) is 5.75 Å². The van der Waals surface area contributed by atoms with Crippen LogP contribution in [0.25, 0.3) is 0 Å². The Labute approximate surface area is 116 Å². The number of anilines is 2. The summed E-state index contributed by atoms with van der Waals surface area (Å²) in [6, 6.07) is 0.0622. The number of rotatable bonds is 5. The van der Waals surface area contributed by atoms with Gasteiger partial charge in [-0.3, -0.25) is 0 Å². The third-order valence-electron chi connectivity index (χ3n) is 2.61. The molecule has 1 unspecified atom stereocenters. The lowest BCUT2D eigenvalue weighted by Gasteiger charge is -2.16. The van der Waals surface area contributed by atoms with Crippen LogP contribution >= 0.6 is 11.3 Å². The molecule has 2 rings (SSSR count). The van der Waals surface area contributed by atoms with E-state index in [4.69, 9.17) is 4.74 Å². The van der Waals surface area contributed by atoms with Crippen molar-refractivity contribution in [2.45, 2.75) is 19.9 Å². The van der Waals surface area contributed by atoms with Crippen LogP contribution in [-0.2, 0) is 0 Å². The molecule has 1 atom stereocenters. The predicted molar refractivity (Wildman–Crippen MR) is 77.0 cm³/mol. The largest absolute Gasteiger partial charge is 0.490 e. The van der Waals surface area contributed by atoms with Crippen molar-refractivity contribution >= 4 is 23.0 Å². The third-order valence-corrected chi connectivity index (χ3v) is 3.75. The second kappa shape index (κ2) is 5.83. The lowest BCUT2D eigenvalue weighted by Crippen LogP contribution is -2.10. The van der Waals surface area contributed by atoms with E-state index in [0.717, 1.165) is 10.7 Å². The first-order valence-corrected chi connectivity index (χ1v) is 6.79.